The van der Waals surface area contributed by atoms with Crippen LogP contribution in [0.2, 0.25) is 0 Å². The van der Waals surface area contributed by atoms with Crippen LogP contribution in [0.15, 0.2) is 42.5 Å². The number of carbonyl (C=O) groups excluding carboxylic acids is 1. The summed E-state index contributed by atoms with van der Waals surface area (Å²) in [6.45, 7) is 6.17. The van der Waals surface area contributed by atoms with Gasteiger partial charge >= 0.3 is 0 Å². The maximum Gasteiger partial charge on any atom is 0.244 e. The van der Waals surface area contributed by atoms with Crippen LogP contribution in [0.25, 0.3) is 6.08 Å². The highest BCUT2D eigenvalue weighted by atomic mass is 16.5. The highest BCUT2D eigenvalue weighted by Gasteiger charge is 2.16. The lowest BCUT2D eigenvalue weighted by Gasteiger charge is -2.30. The fourth-order valence-corrected chi connectivity index (χ4v) is 4.07. The topological polar surface area (TPSA) is 60.0 Å². The van der Waals surface area contributed by atoms with E-state index in [4.69, 9.17) is 14.2 Å². The average Bonchev–Trinajstić information content (AvgIpc) is 2.81. The number of carbonyl (C=O) groups is 1. The standard InChI is InChI=1S/C26H34N2O4/c1-19-6-5-13-28(17-19)18-21-9-7-20(8-10-21)16-27-25(29)12-11-22-14-23(30-2)26(32-4)24(15-22)31-3/h7-12,14-15,19H,5-6,13,16-18H2,1-4H3,(H,27,29)/b12-11+. The molecule has 1 atom stereocenters. The Morgan fingerprint density at radius 1 is 1.06 bits per heavy atom. The minimum Gasteiger partial charge on any atom is -0.493 e. The van der Waals surface area contributed by atoms with Gasteiger partial charge in [0.2, 0.25) is 11.7 Å². The largest absolute Gasteiger partial charge is 0.493 e. The summed E-state index contributed by atoms with van der Waals surface area (Å²) in [5.41, 5.74) is 3.18. The summed E-state index contributed by atoms with van der Waals surface area (Å²) >= 11 is 0. The molecule has 0 spiro atoms. The monoisotopic (exact) mass is 438 g/mol. The summed E-state index contributed by atoms with van der Waals surface area (Å²) in [6, 6.07) is 12.1. The van der Waals surface area contributed by atoms with E-state index in [2.05, 4.69) is 41.4 Å². The number of nitrogens with zero attached hydrogens (tertiary/aromatic N) is 1. The molecule has 1 saturated heterocycles. The number of hydrogen-bond acceptors (Lipinski definition) is 5. The van der Waals surface area contributed by atoms with Crippen molar-refractivity contribution in [3.8, 4) is 17.2 Å². The Bertz CT molecular complexity index is 899. The molecule has 6 nitrogen and oxygen atoms in total. The Hall–Kier alpha value is -2.99. The van der Waals surface area contributed by atoms with Crippen molar-refractivity contribution >= 4 is 12.0 Å². The number of nitrogens with one attached hydrogen (secondary N) is 1. The third kappa shape index (κ3) is 6.50. The zero-order valence-corrected chi connectivity index (χ0v) is 19.5. The van der Waals surface area contributed by atoms with Gasteiger partial charge in [0.05, 0.1) is 21.3 Å². The molecule has 1 aliphatic rings. The summed E-state index contributed by atoms with van der Waals surface area (Å²) in [5.74, 6) is 2.24. The lowest BCUT2D eigenvalue weighted by atomic mass is 9.99. The summed E-state index contributed by atoms with van der Waals surface area (Å²) in [7, 11) is 4.69. The van der Waals surface area contributed by atoms with E-state index >= 15 is 0 Å². The van der Waals surface area contributed by atoms with Gasteiger partial charge in [-0.15, -0.1) is 0 Å². The smallest absolute Gasteiger partial charge is 0.244 e. The molecular formula is C26H34N2O4. The third-order valence-corrected chi connectivity index (χ3v) is 5.75. The average molecular weight is 439 g/mol. The molecule has 2 aromatic carbocycles. The molecule has 1 N–H and O–H groups in total. The van der Waals surface area contributed by atoms with E-state index in [0.29, 0.717) is 23.8 Å². The fraction of sp³-hybridized carbons (Fsp3) is 0.423. The van der Waals surface area contributed by atoms with Crippen LogP contribution in [0.4, 0.5) is 0 Å². The summed E-state index contributed by atoms with van der Waals surface area (Å²) in [5, 5.41) is 2.93. The van der Waals surface area contributed by atoms with Crippen LogP contribution in [0.3, 0.4) is 0 Å². The highest BCUT2D eigenvalue weighted by molar-refractivity contribution is 5.91. The van der Waals surface area contributed by atoms with Gasteiger partial charge in [-0.05, 0) is 60.2 Å². The molecule has 6 heteroatoms. The van der Waals surface area contributed by atoms with Gasteiger partial charge in [-0.2, -0.15) is 0 Å². The predicted octanol–water partition coefficient (Wildman–Crippen LogP) is 4.27. The number of rotatable bonds is 9. The SMILES string of the molecule is COc1cc(/C=C/C(=O)NCc2ccc(CN3CCCC(C)C3)cc2)cc(OC)c1OC. The first-order valence-corrected chi connectivity index (χ1v) is 11.1. The Kier molecular flexibility index (Phi) is 8.56. The van der Waals surface area contributed by atoms with Crippen LogP contribution in [0.5, 0.6) is 17.2 Å². The maximum absolute atomic E-state index is 12.3. The van der Waals surface area contributed by atoms with Gasteiger partial charge in [-0.25, -0.2) is 0 Å². The van der Waals surface area contributed by atoms with Crippen molar-refractivity contribution < 1.29 is 19.0 Å². The summed E-state index contributed by atoms with van der Waals surface area (Å²) in [4.78, 5) is 14.8. The number of hydrogen-bond donors (Lipinski definition) is 1. The van der Waals surface area contributed by atoms with Gasteiger partial charge in [0, 0.05) is 25.7 Å². The van der Waals surface area contributed by atoms with Crippen LogP contribution in [-0.4, -0.2) is 45.2 Å². The molecule has 1 unspecified atom stereocenters. The number of likely N-dealkylation sites (tertiary alicyclic amines) is 1. The van der Waals surface area contributed by atoms with Gasteiger partial charge < -0.3 is 19.5 Å². The first-order chi connectivity index (χ1) is 15.5. The summed E-state index contributed by atoms with van der Waals surface area (Å²) < 4.78 is 16.0. The Morgan fingerprint density at radius 3 is 2.31 bits per heavy atom. The first kappa shape index (κ1) is 23.7. The molecule has 172 valence electrons. The third-order valence-electron chi connectivity index (χ3n) is 5.75. The van der Waals surface area contributed by atoms with Crippen LogP contribution < -0.4 is 19.5 Å². The van der Waals surface area contributed by atoms with E-state index in [1.807, 2.05) is 0 Å². The van der Waals surface area contributed by atoms with Crippen molar-refractivity contribution in [3.63, 3.8) is 0 Å². The number of ether oxygens (including phenoxy) is 3. The second-order valence-electron chi connectivity index (χ2n) is 8.31. The zero-order valence-electron chi connectivity index (χ0n) is 19.5. The van der Waals surface area contributed by atoms with Crippen molar-refractivity contribution in [2.24, 2.45) is 5.92 Å². The van der Waals surface area contributed by atoms with Crippen molar-refractivity contribution in [3.05, 3.63) is 59.2 Å². The van der Waals surface area contributed by atoms with Crippen molar-refractivity contribution in [2.45, 2.75) is 32.9 Å². The van der Waals surface area contributed by atoms with Crippen molar-refractivity contribution in [1.82, 2.24) is 10.2 Å². The van der Waals surface area contributed by atoms with Crippen molar-refractivity contribution in [1.29, 1.82) is 0 Å². The molecule has 2 aromatic rings. The van der Waals surface area contributed by atoms with E-state index < -0.39 is 0 Å². The number of benzene rings is 2. The fourth-order valence-electron chi connectivity index (χ4n) is 4.07. The second-order valence-corrected chi connectivity index (χ2v) is 8.31. The molecule has 0 aliphatic carbocycles. The van der Waals surface area contributed by atoms with E-state index in [-0.39, 0.29) is 5.91 Å². The van der Waals surface area contributed by atoms with E-state index in [1.54, 1.807) is 39.5 Å². The molecule has 3 rings (SSSR count). The maximum atomic E-state index is 12.3. The van der Waals surface area contributed by atoms with E-state index in [1.165, 1.54) is 37.6 Å². The van der Waals surface area contributed by atoms with Crippen LogP contribution in [0, 0.1) is 5.92 Å². The highest BCUT2D eigenvalue weighted by Crippen LogP contribution is 2.38. The molecule has 1 heterocycles. The molecule has 1 aliphatic heterocycles. The minimum atomic E-state index is -0.162. The second kappa shape index (κ2) is 11.6. The van der Waals surface area contributed by atoms with E-state index in [0.717, 1.165) is 23.6 Å². The zero-order chi connectivity index (χ0) is 22.9. The number of amides is 1. The molecule has 0 aromatic heterocycles. The quantitative estimate of drug-likeness (QED) is 0.593. The molecule has 0 saturated carbocycles. The van der Waals surface area contributed by atoms with E-state index in [9.17, 15) is 4.79 Å². The predicted molar refractivity (Wildman–Crippen MR) is 127 cm³/mol. The minimum absolute atomic E-state index is 0.162. The number of piperidine rings is 1. The van der Waals surface area contributed by atoms with Gasteiger partial charge in [0.1, 0.15) is 0 Å². The lowest BCUT2D eigenvalue weighted by molar-refractivity contribution is -0.116. The van der Waals surface area contributed by atoms with Crippen LogP contribution >= 0.6 is 0 Å². The molecular weight excluding hydrogens is 404 g/mol. The van der Waals surface area contributed by atoms with Gasteiger partial charge in [0.25, 0.3) is 0 Å². The summed E-state index contributed by atoms with van der Waals surface area (Å²) in [6.07, 6.45) is 5.85. The van der Waals surface area contributed by atoms with Gasteiger partial charge in [-0.1, -0.05) is 31.2 Å². The molecule has 1 fully saturated rings. The molecule has 1 amide bonds. The molecule has 0 bridgehead atoms. The lowest BCUT2D eigenvalue weighted by Crippen LogP contribution is -2.33. The Balaban J connectivity index is 1.53. The Labute approximate surface area is 191 Å². The van der Waals surface area contributed by atoms with Crippen LogP contribution in [-0.2, 0) is 17.9 Å². The molecule has 0 radical (unpaired) electrons. The first-order valence-electron chi connectivity index (χ1n) is 11.1. The Morgan fingerprint density at radius 2 is 1.72 bits per heavy atom. The normalized spacial score (nSPS) is 16.7. The van der Waals surface area contributed by atoms with Crippen LogP contribution in [0.1, 0.15) is 36.5 Å². The van der Waals surface area contributed by atoms with Gasteiger partial charge in [0.15, 0.2) is 11.5 Å². The number of methoxy groups -OCH3 is 3. The molecule has 32 heavy (non-hydrogen) atoms. The van der Waals surface area contributed by atoms with Gasteiger partial charge in [-0.3, -0.25) is 9.69 Å². The van der Waals surface area contributed by atoms with Crippen molar-refractivity contribution in [2.75, 3.05) is 34.4 Å².